The molecule has 0 aromatic heterocycles. The molecule has 1 rings (SSSR count). The fraction of sp³-hybridized carbons (Fsp3) is 1.00. The van der Waals surface area contributed by atoms with Crippen molar-refractivity contribution in [3.05, 3.63) is 0 Å². The number of likely N-dealkylation sites (N-methyl/N-ethyl adjacent to an activating group) is 3. The Morgan fingerprint density at radius 1 is 1.05 bits per heavy atom. The molecule has 0 heterocycles. The Morgan fingerprint density at radius 2 is 1.70 bits per heavy atom. The summed E-state index contributed by atoms with van der Waals surface area (Å²) < 4.78 is 0. The molecule has 0 aromatic carbocycles. The minimum atomic E-state index is 0.442. The third kappa shape index (κ3) is 5.34. The molecule has 0 saturated heterocycles. The molecule has 3 atom stereocenters. The van der Waals surface area contributed by atoms with Gasteiger partial charge in [-0.1, -0.05) is 27.7 Å². The molecule has 1 aliphatic carbocycles. The number of rotatable bonds is 6. The number of hydrogen-bond acceptors (Lipinski definition) is 3. The van der Waals surface area contributed by atoms with E-state index in [1.807, 2.05) is 0 Å². The van der Waals surface area contributed by atoms with Gasteiger partial charge in [0.2, 0.25) is 0 Å². The second kappa shape index (κ2) is 7.77. The summed E-state index contributed by atoms with van der Waals surface area (Å²) in [7, 11) is 6.63. The monoisotopic (exact) mass is 283 g/mol. The van der Waals surface area contributed by atoms with Gasteiger partial charge in [0.25, 0.3) is 0 Å². The van der Waals surface area contributed by atoms with Crippen LogP contribution in [0.1, 0.15) is 47.0 Å². The van der Waals surface area contributed by atoms with Gasteiger partial charge in [0.1, 0.15) is 0 Å². The quantitative estimate of drug-likeness (QED) is 0.808. The van der Waals surface area contributed by atoms with Crippen LogP contribution in [-0.4, -0.2) is 62.7 Å². The zero-order valence-corrected chi connectivity index (χ0v) is 14.9. The van der Waals surface area contributed by atoms with E-state index in [1.165, 1.54) is 19.3 Å². The highest BCUT2D eigenvalue weighted by Crippen LogP contribution is 2.39. The first kappa shape index (κ1) is 17.9. The maximum atomic E-state index is 3.72. The Labute approximate surface area is 127 Å². The van der Waals surface area contributed by atoms with Crippen LogP contribution >= 0.6 is 0 Å². The second-order valence-corrected chi connectivity index (χ2v) is 7.89. The maximum absolute atomic E-state index is 3.72. The second-order valence-electron chi connectivity index (χ2n) is 7.89. The van der Waals surface area contributed by atoms with E-state index < -0.39 is 0 Å². The summed E-state index contributed by atoms with van der Waals surface area (Å²) in [6.45, 7) is 12.8. The van der Waals surface area contributed by atoms with Gasteiger partial charge in [-0.25, -0.2) is 0 Å². The zero-order valence-electron chi connectivity index (χ0n) is 14.9. The molecular formula is C17H37N3. The fourth-order valence-electron chi connectivity index (χ4n) is 3.44. The summed E-state index contributed by atoms with van der Waals surface area (Å²) in [5.41, 5.74) is 0.442. The van der Waals surface area contributed by atoms with Crippen molar-refractivity contribution in [2.75, 3.05) is 40.8 Å². The van der Waals surface area contributed by atoms with Gasteiger partial charge >= 0.3 is 0 Å². The first-order valence-electron chi connectivity index (χ1n) is 8.34. The molecule has 0 radical (unpaired) electrons. The van der Waals surface area contributed by atoms with Gasteiger partial charge < -0.3 is 15.1 Å². The number of nitrogens with zero attached hydrogens (tertiary/aromatic N) is 2. The summed E-state index contributed by atoms with van der Waals surface area (Å²) in [4.78, 5) is 4.87. The van der Waals surface area contributed by atoms with Crippen LogP contribution in [0.15, 0.2) is 0 Å². The van der Waals surface area contributed by atoms with Crippen LogP contribution in [0, 0.1) is 11.3 Å². The average molecular weight is 284 g/mol. The van der Waals surface area contributed by atoms with Gasteiger partial charge in [-0.05, 0) is 58.3 Å². The molecule has 120 valence electrons. The van der Waals surface area contributed by atoms with Crippen LogP contribution in [-0.2, 0) is 0 Å². The third-order valence-electron chi connectivity index (χ3n) is 4.97. The highest BCUT2D eigenvalue weighted by molar-refractivity contribution is 4.93. The van der Waals surface area contributed by atoms with Gasteiger partial charge in [0.05, 0.1) is 0 Å². The van der Waals surface area contributed by atoms with Crippen LogP contribution in [0.4, 0.5) is 0 Å². The largest absolute Gasteiger partial charge is 0.313 e. The number of nitrogens with one attached hydrogen (secondary N) is 1. The lowest BCUT2D eigenvalue weighted by Gasteiger charge is -2.45. The van der Waals surface area contributed by atoms with Crippen molar-refractivity contribution in [1.82, 2.24) is 15.1 Å². The van der Waals surface area contributed by atoms with Crippen molar-refractivity contribution >= 4 is 0 Å². The highest BCUT2D eigenvalue weighted by atomic mass is 15.2. The lowest BCUT2D eigenvalue weighted by atomic mass is 9.69. The Morgan fingerprint density at radius 3 is 2.20 bits per heavy atom. The summed E-state index contributed by atoms with van der Waals surface area (Å²) in [5.74, 6) is 0.851. The summed E-state index contributed by atoms with van der Waals surface area (Å²) in [5, 5.41) is 3.72. The maximum Gasteiger partial charge on any atom is 0.0249 e. The molecule has 0 bridgehead atoms. The summed E-state index contributed by atoms with van der Waals surface area (Å²) >= 11 is 0. The molecule has 0 aliphatic heterocycles. The van der Waals surface area contributed by atoms with Crippen LogP contribution < -0.4 is 5.32 Å². The smallest absolute Gasteiger partial charge is 0.0249 e. The van der Waals surface area contributed by atoms with Gasteiger partial charge in [0.15, 0.2) is 0 Å². The van der Waals surface area contributed by atoms with Crippen LogP contribution in [0.5, 0.6) is 0 Å². The molecule has 0 amide bonds. The van der Waals surface area contributed by atoms with Gasteiger partial charge in [-0.15, -0.1) is 0 Å². The average Bonchev–Trinajstić information content (AvgIpc) is 2.35. The van der Waals surface area contributed by atoms with Gasteiger partial charge in [-0.2, -0.15) is 0 Å². The normalized spacial score (nSPS) is 28.4. The molecule has 1 N–H and O–H groups in total. The molecule has 1 fully saturated rings. The number of hydrogen-bond donors (Lipinski definition) is 1. The van der Waals surface area contributed by atoms with Gasteiger partial charge in [-0.3, -0.25) is 0 Å². The Hall–Kier alpha value is -0.120. The molecule has 1 saturated carbocycles. The van der Waals surface area contributed by atoms with E-state index in [1.54, 1.807) is 0 Å². The van der Waals surface area contributed by atoms with Crippen molar-refractivity contribution in [3.8, 4) is 0 Å². The molecule has 3 heteroatoms. The van der Waals surface area contributed by atoms with Crippen molar-refractivity contribution < 1.29 is 0 Å². The van der Waals surface area contributed by atoms with Crippen molar-refractivity contribution in [3.63, 3.8) is 0 Å². The Bertz CT molecular complexity index is 270. The molecule has 3 unspecified atom stereocenters. The zero-order chi connectivity index (χ0) is 15.3. The molecule has 20 heavy (non-hydrogen) atoms. The van der Waals surface area contributed by atoms with Crippen molar-refractivity contribution in [2.24, 2.45) is 11.3 Å². The predicted molar refractivity (Wildman–Crippen MR) is 89.2 cm³/mol. The Balaban J connectivity index is 2.67. The van der Waals surface area contributed by atoms with Crippen molar-refractivity contribution in [1.29, 1.82) is 0 Å². The van der Waals surface area contributed by atoms with E-state index in [4.69, 9.17) is 0 Å². The van der Waals surface area contributed by atoms with E-state index in [-0.39, 0.29) is 0 Å². The van der Waals surface area contributed by atoms with E-state index in [0.717, 1.165) is 25.6 Å². The third-order valence-corrected chi connectivity index (χ3v) is 4.97. The Kier molecular flexibility index (Phi) is 6.96. The van der Waals surface area contributed by atoms with E-state index in [9.17, 15) is 0 Å². The summed E-state index contributed by atoms with van der Waals surface area (Å²) in [6, 6.07) is 1.36. The standard InChI is InChI=1S/C17H37N3/c1-8-18-15-10-9-14(17(2,3)4)13-16(15)20(7)12-11-19(5)6/h14-16,18H,8-13H2,1-7H3. The molecule has 0 aromatic rings. The van der Waals surface area contributed by atoms with E-state index in [2.05, 4.69) is 64.0 Å². The van der Waals surface area contributed by atoms with Crippen LogP contribution in [0.3, 0.4) is 0 Å². The molecule has 1 aliphatic rings. The minimum absolute atomic E-state index is 0.442. The fourth-order valence-corrected chi connectivity index (χ4v) is 3.44. The van der Waals surface area contributed by atoms with Crippen LogP contribution in [0.2, 0.25) is 0 Å². The lowest BCUT2D eigenvalue weighted by molar-refractivity contribution is 0.0697. The van der Waals surface area contributed by atoms with Crippen molar-refractivity contribution in [2.45, 2.75) is 59.0 Å². The first-order valence-corrected chi connectivity index (χ1v) is 8.34. The van der Waals surface area contributed by atoms with Crippen LogP contribution in [0.25, 0.3) is 0 Å². The topological polar surface area (TPSA) is 18.5 Å². The SMILES string of the molecule is CCNC1CCC(C(C)(C)C)CC1N(C)CCN(C)C. The summed E-state index contributed by atoms with van der Waals surface area (Å²) in [6.07, 6.45) is 4.04. The molecular weight excluding hydrogens is 246 g/mol. The lowest BCUT2D eigenvalue weighted by Crippen LogP contribution is -2.54. The predicted octanol–water partition coefficient (Wildman–Crippen LogP) is 2.67. The molecule has 0 spiro atoms. The first-order chi connectivity index (χ1) is 9.25. The minimum Gasteiger partial charge on any atom is -0.313 e. The van der Waals surface area contributed by atoms with Gasteiger partial charge in [0, 0.05) is 25.2 Å². The highest BCUT2D eigenvalue weighted by Gasteiger charge is 2.37. The molecule has 3 nitrogen and oxygen atoms in total. The van der Waals surface area contributed by atoms with E-state index >= 15 is 0 Å². The van der Waals surface area contributed by atoms with E-state index in [0.29, 0.717) is 17.5 Å².